The van der Waals surface area contributed by atoms with Crippen molar-refractivity contribution in [3.8, 4) is 5.75 Å². The smallest absolute Gasteiger partial charge is 0.360 e. The molecule has 0 aromatic carbocycles. The van der Waals surface area contributed by atoms with Crippen molar-refractivity contribution in [1.29, 1.82) is 0 Å². The summed E-state index contributed by atoms with van der Waals surface area (Å²) in [6.45, 7) is 0. The van der Waals surface area contributed by atoms with Gasteiger partial charge in [-0.25, -0.2) is 18.6 Å². The van der Waals surface area contributed by atoms with Gasteiger partial charge in [-0.1, -0.05) is 0 Å². The summed E-state index contributed by atoms with van der Waals surface area (Å²) in [7, 11) is 2.42. The molecule has 88 valence electrons. The van der Waals surface area contributed by atoms with Gasteiger partial charge in [-0.05, 0) is 22.0 Å². The standard InChI is InChI=1S/C9H8BrF2NO3/c1-15-5-3-4(8(11)12)7(10)13-6(5)9(14)16-2/h3,8H,1-2H3. The van der Waals surface area contributed by atoms with E-state index in [1.54, 1.807) is 0 Å². The van der Waals surface area contributed by atoms with Crippen molar-refractivity contribution in [1.82, 2.24) is 4.98 Å². The lowest BCUT2D eigenvalue weighted by Gasteiger charge is -2.09. The van der Waals surface area contributed by atoms with Crippen LogP contribution in [0, 0.1) is 0 Å². The van der Waals surface area contributed by atoms with E-state index in [4.69, 9.17) is 4.74 Å². The van der Waals surface area contributed by atoms with Crippen LogP contribution >= 0.6 is 15.9 Å². The van der Waals surface area contributed by atoms with Gasteiger partial charge in [0.05, 0.1) is 19.8 Å². The Morgan fingerprint density at radius 2 is 2.12 bits per heavy atom. The third-order valence-electron chi connectivity index (χ3n) is 1.80. The molecule has 1 aromatic heterocycles. The lowest BCUT2D eigenvalue weighted by atomic mass is 10.2. The number of esters is 1. The second-order valence-corrected chi connectivity index (χ2v) is 3.46. The maximum atomic E-state index is 12.5. The van der Waals surface area contributed by atoms with Gasteiger partial charge in [0.15, 0.2) is 11.4 Å². The average molecular weight is 296 g/mol. The Bertz CT molecular complexity index is 412. The number of hydrogen-bond donors (Lipinski definition) is 0. The molecule has 7 heteroatoms. The van der Waals surface area contributed by atoms with Crippen LogP contribution in [0.1, 0.15) is 22.5 Å². The second-order valence-electron chi connectivity index (χ2n) is 2.71. The number of alkyl halides is 2. The monoisotopic (exact) mass is 295 g/mol. The van der Waals surface area contributed by atoms with Crippen LogP contribution in [0.5, 0.6) is 5.75 Å². The highest BCUT2D eigenvalue weighted by atomic mass is 79.9. The predicted molar refractivity (Wildman–Crippen MR) is 54.8 cm³/mol. The molecule has 0 aliphatic carbocycles. The number of rotatable bonds is 3. The molecular weight excluding hydrogens is 288 g/mol. The summed E-state index contributed by atoms with van der Waals surface area (Å²) in [5, 5.41) is 0. The SMILES string of the molecule is COC(=O)c1nc(Br)c(C(F)F)cc1OC. The van der Waals surface area contributed by atoms with Gasteiger partial charge in [0.2, 0.25) is 0 Å². The fraction of sp³-hybridized carbons (Fsp3) is 0.333. The van der Waals surface area contributed by atoms with Crippen molar-refractivity contribution < 1.29 is 23.0 Å². The fourth-order valence-electron chi connectivity index (χ4n) is 1.04. The number of halogens is 3. The molecule has 0 saturated heterocycles. The highest BCUT2D eigenvalue weighted by Crippen LogP contribution is 2.31. The molecule has 0 unspecified atom stereocenters. The summed E-state index contributed by atoms with van der Waals surface area (Å²) in [6, 6.07) is 1.05. The largest absolute Gasteiger partial charge is 0.494 e. The molecule has 0 aliphatic heterocycles. The van der Waals surface area contributed by atoms with E-state index in [-0.39, 0.29) is 21.6 Å². The number of methoxy groups -OCH3 is 2. The van der Waals surface area contributed by atoms with E-state index in [9.17, 15) is 13.6 Å². The molecule has 4 nitrogen and oxygen atoms in total. The van der Waals surface area contributed by atoms with Gasteiger partial charge in [0.1, 0.15) is 4.60 Å². The first-order chi connectivity index (χ1) is 7.51. The molecule has 0 N–H and O–H groups in total. The van der Waals surface area contributed by atoms with E-state index in [1.807, 2.05) is 0 Å². The molecule has 0 spiro atoms. The Kier molecular flexibility index (Phi) is 4.17. The molecule has 0 saturated carbocycles. The topological polar surface area (TPSA) is 48.4 Å². The summed E-state index contributed by atoms with van der Waals surface area (Å²) in [6.07, 6.45) is -2.71. The van der Waals surface area contributed by atoms with E-state index in [1.165, 1.54) is 14.2 Å². The Morgan fingerprint density at radius 1 is 1.50 bits per heavy atom. The van der Waals surface area contributed by atoms with E-state index in [2.05, 4.69) is 25.7 Å². The second kappa shape index (κ2) is 5.20. The zero-order valence-corrected chi connectivity index (χ0v) is 10.0. The molecule has 0 aliphatic rings. The number of pyridine rings is 1. The number of nitrogens with zero attached hydrogens (tertiary/aromatic N) is 1. The maximum Gasteiger partial charge on any atom is 0.360 e. The summed E-state index contributed by atoms with van der Waals surface area (Å²) in [5.74, 6) is -0.802. The van der Waals surface area contributed by atoms with Crippen molar-refractivity contribution >= 4 is 21.9 Å². The minimum Gasteiger partial charge on any atom is -0.494 e. The molecular formula is C9H8BrF2NO3. The van der Waals surface area contributed by atoms with Gasteiger partial charge >= 0.3 is 5.97 Å². The summed E-state index contributed by atoms with van der Waals surface area (Å²) >= 11 is 2.85. The highest BCUT2D eigenvalue weighted by molar-refractivity contribution is 9.10. The molecule has 1 aromatic rings. The number of carbonyl (C=O) groups is 1. The first kappa shape index (κ1) is 12.8. The molecule has 1 heterocycles. The first-order valence-electron chi connectivity index (χ1n) is 4.12. The summed E-state index contributed by atoms with van der Waals surface area (Å²) in [5.41, 5.74) is -0.495. The van der Waals surface area contributed by atoms with Gasteiger partial charge in [-0.15, -0.1) is 0 Å². The molecule has 0 fully saturated rings. The van der Waals surface area contributed by atoms with Crippen LogP contribution in [0.4, 0.5) is 8.78 Å². The van der Waals surface area contributed by atoms with Gasteiger partial charge in [-0.2, -0.15) is 0 Å². The van der Waals surface area contributed by atoms with E-state index < -0.39 is 12.4 Å². The van der Waals surface area contributed by atoms with E-state index in [0.717, 1.165) is 6.07 Å². The summed E-state index contributed by atoms with van der Waals surface area (Å²) in [4.78, 5) is 14.9. The Balaban J connectivity index is 3.32. The number of carbonyl (C=O) groups excluding carboxylic acids is 1. The zero-order valence-electron chi connectivity index (χ0n) is 8.46. The number of aromatic nitrogens is 1. The predicted octanol–water partition coefficient (Wildman–Crippen LogP) is 2.58. The van der Waals surface area contributed by atoms with Gasteiger partial charge < -0.3 is 9.47 Å². The van der Waals surface area contributed by atoms with Crippen LogP contribution < -0.4 is 4.74 Å². The molecule has 0 radical (unpaired) electrons. The van der Waals surface area contributed by atoms with Crippen molar-refractivity contribution in [3.63, 3.8) is 0 Å². The summed E-state index contributed by atoms with van der Waals surface area (Å²) < 4.78 is 34.2. The minimum atomic E-state index is -2.71. The first-order valence-corrected chi connectivity index (χ1v) is 4.91. The third-order valence-corrected chi connectivity index (χ3v) is 2.44. The lowest BCUT2D eigenvalue weighted by Crippen LogP contribution is -2.08. The van der Waals surface area contributed by atoms with Crippen molar-refractivity contribution in [3.05, 3.63) is 21.9 Å². The fourth-order valence-corrected chi connectivity index (χ4v) is 1.50. The Hall–Kier alpha value is -1.24. The van der Waals surface area contributed by atoms with Crippen LogP contribution in [0.25, 0.3) is 0 Å². The molecule has 0 amide bonds. The van der Waals surface area contributed by atoms with Crippen LogP contribution in [0.2, 0.25) is 0 Å². The van der Waals surface area contributed by atoms with Crippen LogP contribution in [0.15, 0.2) is 10.7 Å². The van der Waals surface area contributed by atoms with Gasteiger partial charge in [-0.3, -0.25) is 0 Å². The normalized spacial score (nSPS) is 10.4. The third kappa shape index (κ3) is 2.46. The van der Waals surface area contributed by atoms with E-state index >= 15 is 0 Å². The maximum absolute atomic E-state index is 12.5. The van der Waals surface area contributed by atoms with Crippen LogP contribution in [-0.2, 0) is 4.74 Å². The van der Waals surface area contributed by atoms with Crippen LogP contribution in [0.3, 0.4) is 0 Å². The van der Waals surface area contributed by atoms with Crippen molar-refractivity contribution in [2.75, 3.05) is 14.2 Å². The molecule has 1 rings (SSSR count). The zero-order chi connectivity index (χ0) is 12.3. The Labute approximate surface area is 98.7 Å². The van der Waals surface area contributed by atoms with Crippen molar-refractivity contribution in [2.24, 2.45) is 0 Å². The minimum absolute atomic E-state index is 0.0506. The average Bonchev–Trinajstić information content (AvgIpc) is 2.27. The lowest BCUT2D eigenvalue weighted by molar-refractivity contribution is 0.0589. The number of ether oxygens (including phenoxy) is 2. The number of hydrogen-bond acceptors (Lipinski definition) is 4. The van der Waals surface area contributed by atoms with Gasteiger partial charge in [0.25, 0.3) is 6.43 Å². The molecule has 0 atom stereocenters. The van der Waals surface area contributed by atoms with Crippen LogP contribution in [-0.4, -0.2) is 25.2 Å². The van der Waals surface area contributed by atoms with Gasteiger partial charge in [0, 0.05) is 0 Å². The quantitative estimate of drug-likeness (QED) is 0.635. The molecule has 0 bridgehead atoms. The van der Waals surface area contributed by atoms with Crippen molar-refractivity contribution in [2.45, 2.75) is 6.43 Å². The molecule has 16 heavy (non-hydrogen) atoms. The highest BCUT2D eigenvalue weighted by Gasteiger charge is 2.21. The van der Waals surface area contributed by atoms with E-state index in [0.29, 0.717) is 0 Å². The Morgan fingerprint density at radius 3 is 2.56 bits per heavy atom.